The van der Waals surface area contributed by atoms with E-state index in [1.807, 2.05) is 0 Å². The van der Waals surface area contributed by atoms with Crippen LogP contribution in [-0.4, -0.2) is 34.9 Å². The van der Waals surface area contributed by atoms with Gasteiger partial charge in [0.15, 0.2) is 14.7 Å². The molecule has 1 saturated heterocycles. The monoisotopic (exact) mass is 325 g/mol. The molecule has 1 aromatic rings. The molecule has 0 spiro atoms. The first-order chi connectivity index (χ1) is 9.21. The Balaban J connectivity index is 2.13. The third-order valence-electron chi connectivity index (χ3n) is 3.08. The van der Waals surface area contributed by atoms with Gasteiger partial charge in [-0.1, -0.05) is 6.07 Å². The lowest BCUT2D eigenvalue weighted by Crippen LogP contribution is -2.31. The Labute approximate surface area is 116 Å². The number of benzene rings is 1. The van der Waals surface area contributed by atoms with Crippen LogP contribution in [0.5, 0.6) is 0 Å². The molecule has 1 aliphatic heterocycles. The van der Waals surface area contributed by atoms with Crippen LogP contribution in [0, 0.1) is 17.6 Å². The van der Waals surface area contributed by atoms with Crippen LogP contribution in [-0.2, 0) is 19.9 Å². The summed E-state index contributed by atoms with van der Waals surface area (Å²) >= 11 is 0. The first kappa shape index (κ1) is 15.3. The molecular weight excluding hydrogens is 312 g/mol. The first-order valence-electron chi connectivity index (χ1n) is 5.85. The molecule has 9 heteroatoms. The lowest BCUT2D eigenvalue weighted by Gasteiger charge is -2.11. The molecule has 112 valence electrons. The van der Waals surface area contributed by atoms with Crippen molar-refractivity contribution in [3.05, 3.63) is 29.8 Å². The molecule has 5 nitrogen and oxygen atoms in total. The van der Waals surface area contributed by atoms with E-state index in [4.69, 9.17) is 0 Å². The van der Waals surface area contributed by atoms with Crippen molar-refractivity contribution in [3.8, 4) is 0 Å². The van der Waals surface area contributed by atoms with E-state index in [2.05, 4.69) is 4.72 Å². The standard InChI is InChI=1S/C11H13F2NO4S2/c12-9-2-1-3-10(13)11(9)20(17,18)14-6-8-4-5-19(15,16)7-8/h1-3,8,14H,4-7H2/t8-/m0/s1. The van der Waals surface area contributed by atoms with E-state index in [9.17, 15) is 25.6 Å². The summed E-state index contributed by atoms with van der Waals surface area (Å²) in [4.78, 5) is -1.04. The Morgan fingerprint density at radius 3 is 2.35 bits per heavy atom. The molecule has 1 aromatic carbocycles. The molecule has 0 bridgehead atoms. The fourth-order valence-electron chi connectivity index (χ4n) is 2.07. The highest BCUT2D eigenvalue weighted by Crippen LogP contribution is 2.20. The van der Waals surface area contributed by atoms with Gasteiger partial charge in [0, 0.05) is 6.54 Å². The molecule has 0 amide bonds. The highest BCUT2D eigenvalue weighted by atomic mass is 32.2. The Morgan fingerprint density at radius 2 is 1.85 bits per heavy atom. The molecule has 0 aromatic heterocycles. The lowest BCUT2D eigenvalue weighted by atomic mass is 10.1. The quantitative estimate of drug-likeness (QED) is 0.883. The van der Waals surface area contributed by atoms with Crippen molar-refractivity contribution in [2.75, 3.05) is 18.1 Å². The number of hydrogen-bond acceptors (Lipinski definition) is 4. The zero-order valence-electron chi connectivity index (χ0n) is 10.3. The van der Waals surface area contributed by atoms with E-state index in [0.717, 1.165) is 18.2 Å². The van der Waals surface area contributed by atoms with Gasteiger partial charge in [-0.15, -0.1) is 0 Å². The number of rotatable bonds is 4. The molecule has 0 aliphatic carbocycles. The van der Waals surface area contributed by atoms with Gasteiger partial charge in [-0.3, -0.25) is 0 Å². The van der Waals surface area contributed by atoms with Crippen molar-refractivity contribution in [1.82, 2.24) is 4.72 Å². The summed E-state index contributed by atoms with van der Waals surface area (Å²) in [5.74, 6) is -2.85. The van der Waals surface area contributed by atoms with Crippen molar-refractivity contribution in [3.63, 3.8) is 0 Å². The van der Waals surface area contributed by atoms with Gasteiger partial charge < -0.3 is 0 Å². The van der Waals surface area contributed by atoms with Gasteiger partial charge in [-0.25, -0.2) is 30.3 Å². The summed E-state index contributed by atoms with van der Waals surface area (Å²) in [6.07, 6.45) is 0.338. The molecule has 0 radical (unpaired) electrons. The van der Waals surface area contributed by atoms with Crippen molar-refractivity contribution >= 4 is 19.9 Å². The first-order valence-corrected chi connectivity index (χ1v) is 9.16. The molecular formula is C11H13F2NO4S2. The predicted molar refractivity (Wildman–Crippen MR) is 68.3 cm³/mol. The second-order valence-corrected chi connectivity index (χ2v) is 8.60. The highest BCUT2D eigenvalue weighted by molar-refractivity contribution is 7.91. The molecule has 1 aliphatic rings. The summed E-state index contributed by atoms with van der Waals surface area (Å²) in [6, 6.07) is 2.75. The minimum atomic E-state index is -4.34. The maximum atomic E-state index is 13.4. The predicted octanol–water partition coefficient (Wildman–Crippen LogP) is 0.678. The normalized spacial score (nSPS) is 22.0. The fraction of sp³-hybridized carbons (Fsp3) is 0.455. The third-order valence-corrected chi connectivity index (χ3v) is 6.39. The lowest BCUT2D eigenvalue weighted by molar-refractivity contribution is 0.505. The maximum absolute atomic E-state index is 13.4. The summed E-state index contributed by atoms with van der Waals surface area (Å²) in [6.45, 7) is -0.157. The van der Waals surface area contributed by atoms with Crippen LogP contribution in [0.1, 0.15) is 6.42 Å². The van der Waals surface area contributed by atoms with Gasteiger partial charge in [0.05, 0.1) is 11.5 Å². The number of halogens is 2. The van der Waals surface area contributed by atoms with Crippen LogP contribution in [0.4, 0.5) is 8.78 Å². The van der Waals surface area contributed by atoms with Gasteiger partial charge >= 0.3 is 0 Å². The van der Waals surface area contributed by atoms with Gasteiger partial charge in [0.2, 0.25) is 10.0 Å². The van der Waals surface area contributed by atoms with Crippen LogP contribution in [0.3, 0.4) is 0 Å². The second-order valence-electron chi connectivity index (χ2n) is 4.67. The summed E-state index contributed by atoms with van der Waals surface area (Å²) in [5, 5.41) is 0. The molecule has 2 rings (SSSR count). The minimum absolute atomic E-state index is 0.00739. The second kappa shape index (κ2) is 5.38. The fourth-order valence-corrected chi connectivity index (χ4v) is 5.18. The van der Waals surface area contributed by atoms with Crippen LogP contribution in [0.2, 0.25) is 0 Å². The Morgan fingerprint density at radius 1 is 1.25 bits per heavy atom. The van der Waals surface area contributed by atoms with Gasteiger partial charge in [-0.2, -0.15) is 0 Å². The Kier molecular flexibility index (Phi) is 4.12. The van der Waals surface area contributed by atoms with Crippen molar-refractivity contribution in [2.24, 2.45) is 5.92 Å². The summed E-state index contributed by atoms with van der Waals surface area (Å²) < 4.78 is 75.1. The molecule has 1 atom stereocenters. The smallest absolute Gasteiger partial charge is 0.229 e. The zero-order chi connectivity index (χ0) is 15.0. The maximum Gasteiger partial charge on any atom is 0.246 e. The average Bonchev–Trinajstić information content (AvgIpc) is 2.66. The average molecular weight is 325 g/mol. The topological polar surface area (TPSA) is 80.3 Å². The summed E-state index contributed by atoms with van der Waals surface area (Å²) in [5.41, 5.74) is 0. The van der Waals surface area contributed by atoms with Gasteiger partial charge in [-0.05, 0) is 24.5 Å². The number of nitrogens with one attached hydrogen (secondary N) is 1. The third kappa shape index (κ3) is 3.33. The van der Waals surface area contributed by atoms with Crippen molar-refractivity contribution < 1.29 is 25.6 Å². The van der Waals surface area contributed by atoms with Crippen molar-refractivity contribution in [2.45, 2.75) is 11.3 Å². The SMILES string of the molecule is O=S1(=O)CC[C@@H](CNS(=O)(=O)c2c(F)cccc2F)C1. The van der Waals surface area contributed by atoms with E-state index < -0.39 is 36.4 Å². The number of sulfone groups is 1. The van der Waals surface area contributed by atoms with E-state index in [-0.39, 0.29) is 24.0 Å². The molecule has 0 saturated carbocycles. The van der Waals surface area contributed by atoms with E-state index in [1.54, 1.807) is 0 Å². The van der Waals surface area contributed by atoms with Crippen LogP contribution < -0.4 is 4.72 Å². The minimum Gasteiger partial charge on any atom is -0.229 e. The number of hydrogen-bond donors (Lipinski definition) is 1. The molecule has 20 heavy (non-hydrogen) atoms. The largest absolute Gasteiger partial charge is 0.246 e. The van der Waals surface area contributed by atoms with Crippen molar-refractivity contribution in [1.29, 1.82) is 0 Å². The van der Waals surface area contributed by atoms with E-state index in [1.165, 1.54) is 0 Å². The molecule has 0 unspecified atom stereocenters. The summed E-state index contributed by atoms with van der Waals surface area (Å²) in [7, 11) is -7.47. The Bertz CT molecular complexity index is 696. The van der Waals surface area contributed by atoms with Crippen LogP contribution in [0.15, 0.2) is 23.1 Å². The van der Waals surface area contributed by atoms with Gasteiger partial charge in [0.25, 0.3) is 0 Å². The van der Waals surface area contributed by atoms with Gasteiger partial charge in [0.1, 0.15) is 11.6 Å². The Hall–Kier alpha value is -1.06. The van der Waals surface area contributed by atoms with E-state index >= 15 is 0 Å². The molecule has 1 N–H and O–H groups in total. The van der Waals surface area contributed by atoms with E-state index in [0.29, 0.717) is 6.42 Å². The molecule has 1 fully saturated rings. The zero-order valence-corrected chi connectivity index (χ0v) is 12.0. The van der Waals surface area contributed by atoms with Crippen LogP contribution >= 0.6 is 0 Å². The van der Waals surface area contributed by atoms with Crippen LogP contribution in [0.25, 0.3) is 0 Å². The number of sulfonamides is 1. The molecule has 1 heterocycles. The highest BCUT2D eigenvalue weighted by Gasteiger charge is 2.30.